The van der Waals surface area contributed by atoms with Crippen LogP contribution in [0.5, 0.6) is 46.0 Å². The molecule has 0 aliphatic rings. The molecule has 204 valence electrons. The van der Waals surface area contributed by atoms with Crippen LogP contribution in [0, 0.1) is 0 Å². The van der Waals surface area contributed by atoms with Crippen LogP contribution in [0.1, 0.15) is 5.56 Å². The molecule has 0 aliphatic heterocycles. The fourth-order valence-corrected chi connectivity index (χ4v) is 3.82. The van der Waals surface area contributed by atoms with Gasteiger partial charge in [0.25, 0.3) is 5.91 Å². The number of carbonyl (C=O) groups excluding carboxylic acids is 1. The molecule has 38 heavy (non-hydrogen) atoms. The average molecular weight is 528 g/mol. The lowest BCUT2D eigenvalue weighted by atomic mass is 10.1. The van der Waals surface area contributed by atoms with Crippen molar-refractivity contribution < 1.29 is 42.7 Å². The van der Waals surface area contributed by atoms with Crippen LogP contribution in [0.2, 0.25) is 0 Å². The second-order valence-electron chi connectivity index (χ2n) is 7.86. The van der Waals surface area contributed by atoms with Gasteiger partial charge in [-0.1, -0.05) is 12.1 Å². The van der Waals surface area contributed by atoms with Crippen molar-refractivity contribution in [3.05, 3.63) is 54.1 Å². The molecule has 0 aromatic heterocycles. The molecule has 0 radical (unpaired) electrons. The van der Waals surface area contributed by atoms with Crippen molar-refractivity contribution in [2.24, 2.45) is 0 Å². The lowest BCUT2D eigenvalue weighted by Crippen LogP contribution is -2.34. The Morgan fingerprint density at radius 1 is 0.605 bits per heavy atom. The number of benzene rings is 3. The minimum absolute atomic E-state index is 0.250. The van der Waals surface area contributed by atoms with Gasteiger partial charge in [-0.2, -0.15) is 0 Å². The van der Waals surface area contributed by atoms with Gasteiger partial charge < -0.3 is 42.8 Å². The maximum absolute atomic E-state index is 13.6. The topological polar surface area (TPSA) is 94.2 Å². The molecule has 3 aromatic rings. The number of amides is 1. The summed E-state index contributed by atoms with van der Waals surface area (Å²) in [6.45, 7) is -0.0223. The van der Waals surface area contributed by atoms with E-state index in [1.807, 2.05) is 24.3 Å². The van der Waals surface area contributed by atoms with E-state index in [-0.39, 0.29) is 19.1 Å². The Morgan fingerprint density at radius 3 is 1.50 bits per heavy atom. The fourth-order valence-electron chi connectivity index (χ4n) is 3.82. The lowest BCUT2D eigenvalue weighted by molar-refractivity contribution is -0.120. The van der Waals surface area contributed by atoms with E-state index in [1.54, 1.807) is 36.3 Å². The summed E-state index contributed by atoms with van der Waals surface area (Å²) in [5.74, 6) is 3.27. The predicted molar refractivity (Wildman–Crippen MR) is 142 cm³/mol. The molecule has 1 amide bonds. The van der Waals surface area contributed by atoms with E-state index in [2.05, 4.69) is 0 Å². The van der Waals surface area contributed by atoms with E-state index in [1.165, 1.54) is 42.7 Å². The zero-order chi connectivity index (χ0) is 27.7. The van der Waals surface area contributed by atoms with Crippen molar-refractivity contribution in [1.29, 1.82) is 0 Å². The molecular formula is C28H33NO9. The first-order valence-electron chi connectivity index (χ1n) is 11.6. The summed E-state index contributed by atoms with van der Waals surface area (Å²) < 4.78 is 43.7. The Bertz CT molecular complexity index is 1180. The third-order valence-electron chi connectivity index (χ3n) is 5.76. The Kier molecular flexibility index (Phi) is 9.75. The number of rotatable bonds is 13. The lowest BCUT2D eigenvalue weighted by Gasteiger charge is -2.25. The highest BCUT2D eigenvalue weighted by Crippen LogP contribution is 2.42. The largest absolute Gasteiger partial charge is 0.497 e. The van der Waals surface area contributed by atoms with Crippen LogP contribution in [-0.2, 0) is 11.3 Å². The molecule has 3 rings (SSSR count). The maximum Gasteiger partial charge on any atom is 0.265 e. The normalized spacial score (nSPS) is 10.3. The second-order valence-corrected chi connectivity index (χ2v) is 7.86. The average Bonchev–Trinajstić information content (AvgIpc) is 2.97. The van der Waals surface area contributed by atoms with Crippen LogP contribution < -0.4 is 42.8 Å². The summed E-state index contributed by atoms with van der Waals surface area (Å²) in [5.41, 5.74) is 1.41. The zero-order valence-electron chi connectivity index (χ0n) is 22.7. The molecular weight excluding hydrogens is 494 g/mol. The van der Waals surface area contributed by atoms with Gasteiger partial charge in [0, 0.05) is 24.3 Å². The van der Waals surface area contributed by atoms with Gasteiger partial charge in [0.15, 0.2) is 29.6 Å². The van der Waals surface area contributed by atoms with Crippen LogP contribution in [-0.4, -0.2) is 62.3 Å². The summed E-state index contributed by atoms with van der Waals surface area (Å²) in [6.07, 6.45) is 0. The molecule has 10 heteroatoms. The van der Waals surface area contributed by atoms with E-state index < -0.39 is 0 Å². The molecule has 0 spiro atoms. The van der Waals surface area contributed by atoms with Gasteiger partial charge in [0.05, 0.1) is 62.0 Å². The highest BCUT2D eigenvalue weighted by Gasteiger charge is 2.23. The second kappa shape index (κ2) is 13.2. The number of methoxy groups -OCH3 is 7. The monoisotopic (exact) mass is 527 g/mol. The standard InChI is InChI=1S/C28H33NO9/c1-31-20-10-8-18(9-11-20)16-29(19-12-22(32-2)27(36-6)23(13-19)33-3)26(30)17-38-21-14-24(34-4)28(37-7)25(15-21)35-5/h8-15H,16-17H2,1-7H3. The molecule has 0 unspecified atom stereocenters. The van der Waals surface area contributed by atoms with Gasteiger partial charge >= 0.3 is 0 Å². The summed E-state index contributed by atoms with van der Waals surface area (Å²) in [5, 5.41) is 0. The fraction of sp³-hybridized carbons (Fsp3) is 0.321. The van der Waals surface area contributed by atoms with Gasteiger partial charge in [0.2, 0.25) is 11.5 Å². The third kappa shape index (κ3) is 6.26. The van der Waals surface area contributed by atoms with Gasteiger partial charge in [-0.25, -0.2) is 0 Å². The number of hydrogen-bond donors (Lipinski definition) is 0. The molecule has 3 aromatic carbocycles. The molecule has 0 heterocycles. The highest BCUT2D eigenvalue weighted by molar-refractivity contribution is 5.95. The molecule has 0 saturated carbocycles. The number of anilines is 1. The predicted octanol–water partition coefficient (Wildman–Crippen LogP) is 4.36. The van der Waals surface area contributed by atoms with Crippen LogP contribution in [0.3, 0.4) is 0 Å². The van der Waals surface area contributed by atoms with Crippen LogP contribution in [0.25, 0.3) is 0 Å². The molecule has 10 nitrogen and oxygen atoms in total. The molecule has 0 fully saturated rings. The van der Waals surface area contributed by atoms with E-state index in [0.717, 1.165) is 5.56 Å². The van der Waals surface area contributed by atoms with Crippen molar-refractivity contribution in [3.63, 3.8) is 0 Å². The first-order chi connectivity index (χ1) is 18.4. The Balaban J connectivity index is 1.96. The summed E-state index contributed by atoms with van der Waals surface area (Å²) in [4.78, 5) is 15.2. The zero-order valence-corrected chi connectivity index (χ0v) is 22.7. The summed E-state index contributed by atoms with van der Waals surface area (Å²) in [7, 11) is 10.7. The molecule has 0 saturated heterocycles. The van der Waals surface area contributed by atoms with Crippen molar-refractivity contribution in [3.8, 4) is 46.0 Å². The van der Waals surface area contributed by atoms with Crippen molar-refractivity contribution in [1.82, 2.24) is 0 Å². The Morgan fingerprint density at radius 2 is 1.08 bits per heavy atom. The van der Waals surface area contributed by atoms with Crippen molar-refractivity contribution in [2.45, 2.75) is 6.54 Å². The van der Waals surface area contributed by atoms with E-state index in [0.29, 0.717) is 51.7 Å². The van der Waals surface area contributed by atoms with Gasteiger partial charge in [-0.05, 0) is 17.7 Å². The Labute approximate surface area is 222 Å². The molecule has 0 N–H and O–H groups in total. The number of ether oxygens (including phenoxy) is 8. The molecule has 0 bridgehead atoms. The smallest absolute Gasteiger partial charge is 0.265 e. The van der Waals surface area contributed by atoms with Crippen LogP contribution in [0.4, 0.5) is 5.69 Å². The Hall–Kier alpha value is -4.47. The minimum Gasteiger partial charge on any atom is -0.497 e. The summed E-state index contributed by atoms with van der Waals surface area (Å²) in [6, 6.07) is 14.1. The third-order valence-corrected chi connectivity index (χ3v) is 5.76. The molecule has 0 aliphatic carbocycles. The van der Waals surface area contributed by atoms with E-state index >= 15 is 0 Å². The van der Waals surface area contributed by atoms with Gasteiger partial charge in [-0.15, -0.1) is 0 Å². The minimum atomic E-state index is -0.316. The first kappa shape index (κ1) is 28.1. The molecule has 0 atom stereocenters. The number of carbonyl (C=O) groups is 1. The van der Waals surface area contributed by atoms with E-state index in [9.17, 15) is 4.79 Å². The van der Waals surface area contributed by atoms with Gasteiger partial charge in [0.1, 0.15) is 11.5 Å². The SMILES string of the molecule is COc1ccc(CN(C(=O)COc2cc(OC)c(OC)c(OC)c2)c2cc(OC)c(OC)c(OC)c2)cc1. The maximum atomic E-state index is 13.6. The number of nitrogens with zero attached hydrogens (tertiary/aromatic N) is 1. The number of hydrogen-bond acceptors (Lipinski definition) is 9. The first-order valence-corrected chi connectivity index (χ1v) is 11.6. The van der Waals surface area contributed by atoms with Crippen LogP contribution in [0.15, 0.2) is 48.5 Å². The van der Waals surface area contributed by atoms with E-state index in [4.69, 9.17) is 37.9 Å². The van der Waals surface area contributed by atoms with Crippen molar-refractivity contribution >= 4 is 11.6 Å². The highest BCUT2D eigenvalue weighted by atomic mass is 16.5. The van der Waals surface area contributed by atoms with Crippen molar-refractivity contribution in [2.75, 3.05) is 61.3 Å². The van der Waals surface area contributed by atoms with Gasteiger partial charge in [-0.3, -0.25) is 4.79 Å². The van der Waals surface area contributed by atoms with Crippen LogP contribution >= 0.6 is 0 Å². The summed E-state index contributed by atoms with van der Waals surface area (Å²) >= 11 is 0. The quantitative estimate of drug-likeness (QED) is 0.321.